The van der Waals surface area contributed by atoms with Crippen molar-refractivity contribution in [3.8, 4) is 11.5 Å². The molecule has 0 spiro atoms. The third kappa shape index (κ3) is 3.48. The van der Waals surface area contributed by atoms with Crippen molar-refractivity contribution < 1.29 is 17.9 Å². The molecular formula is C14H20N2O4S. The first-order valence-corrected chi connectivity index (χ1v) is 8.72. The topological polar surface area (TPSA) is 67.9 Å². The Bertz CT molecular complexity index is 597. The number of nitrogens with zero attached hydrogens (tertiary/aromatic N) is 1. The van der Waals surface area contributed by atoms with Gasteiger partial charge in [-0.1, -0.05) is 12.5 Å². The van der Waals surface area contributed by atoms with E-state index >= 15 is 0 Å². The molecule has 0 bridgehead atoms. The molecule has 0 unspecified atom stereocenters. The Morgan fingerprint density at radius 1 is 1.05 bits per heavy atom. The minimum atomic E-state index is -3.39. The summed E-state index contributed by atoms with van der Waals surface area (Å²) < 4.78 is 39.5. The fourth-order valence-electron chi connectivity index (χ4n) is 2.57. The largest absolute Gasteiger partial charge is 0.486 e. The van der Waals surface area contributed by atoms with Crippen LogP contribution in [0.5, 0.6) is 11.5 Å². The maximum absolute atomic E-state index is 12.2. The number of hydrogen-bond donors (Lipinski definition) is 1. The number of piperidine rings is 1. The average Bonchev–Trinajstić information content (AvgIpc) is 2.54. The molecule has 0 aromatic heterocycles. The van der Waals surface area contributed by atoms with E-state index in [1.54, 1.807) is 0 Å². The molecule has 6 nitrogen and oxygen atoms in total. The van der Waals surface area contributed by atoms with E-state index in [-0.39, 0.29) is 6.54 Å². The molecule has 7 heteroatoms. The Morgan fingerprint density at radius 3 is 2.52 bits per heavy atom. The Labute approximate surface area is 125 Å². The maximum Gasteiger partial charge on any atom is 0.279 e. The van der Waals surface area contributed by atoms with Crippen LogP contribution in [0.1, 0.15) is 24.8 Å². The Kier molecular flexibility index (Phi) is 4.32. The molecule has 116 valence electrons. The highest BCUT2D eigenvalue weighted by molar-refractivity contribution is 7.87. The number of rotatable bonds is 4. The van der Waals surface area contributed by atoms with Crippen LogP contribution in [-0.2, 0) is 16.8 Å². The first kappa shape index (κ1) is 14.6. The van der Waals surface area contributed by atoms with Gasteiger partial charge in [0.1, 0.15) is 13.2 Å². The number of nitrogens with one attached hydrogen (secondary N) is 1. The van der Waals surface area contributed by atoms with E-state index in [9.17, 15) is 8.42 Å². The van der Waals surface area contributed by atoms with Gasteiger partial charge >= 0.3 is 0 Å². The maximum atomic E-state index is 12.2. The highest BCUT2D eigenvalue weighted by Gasteiger charge is 2.23. The number of hydrogen-bond acceptors (Lipinski definition) is 4. The Hall–Kier alpha value is -1.31. The van der Waals surface area contributed by atoms with Crippen molar-refractivity contribution in [2.75, 3.05) is 26.3 Å². The second kappa shape index (κ2) is 6.21. The molecule has 0 aliphatic carbocycles. The van der Waals surface area contributed by atoms with Gasteiger partial charge in [0.2, 0.25) is 0 Å². The molecule has 3 rings (SSSR count). The zero-order chi connectivity index (χ0) is 14.7. The van der Waals surface area contributed by atoms with Gasteiger partial charge in [-0.25, -0.2) is 0 Å². The van der Waals surface area contributed by atoms with Crippen LogP contribution in [0.25, 0.3) is 0 Å². The van der Waals surface area contributed by atoms with Crippen molar-refractivity contribution in [3.05, 3.63) is 23.8 Å². The van der Waals surface area contributed by atoms with Gasteiger partial charge in [-0.15, -0.1) is 0 Å². The molecule has 0 atom stereocenters. The summed E-state index contributed by atoms with van der Waals surface area (Å²) >= 11 is 0. The van der Waals surface area contributed by atoms with Crippen molar-refractivity contribution in [3.63, 3.8) is 0 Å². The molecule has 1 aromatic rings. The van der Waals surface area contributed by atoms with Crippen LogP contribution in [0.15, 0.2) is 18.2 Å². The van der Waals surface area contributed by atoms with E-state index in [1.807, 2.05) is 18.2 Å². The van der Waals surface area contributed by atoms with E-state index in [1.165, 1.54) is 4.31 Å². The molecule has 2 aliphatic heterocycles. The van der Waals surface area contributed by atoms with Gasteiger partial charge in [0.05, 0.1) is 0 Å². The molecule has 1 fully saturated rings. The predicted molar refractivity (Wildman–Crippen MR) is 78.6 cm³/mol. The second-order valence-electron chi connectivity index (χ2n) is 5.26. The fraction of sp³-hybridized carbons (Fsp3) is 0.571. The summed E-state index contributed by atoms with van der Waals surface area (Å²) in [5, 5.41) is 0. The molecular weight excluding hydrogens is 292 g/mol. The highest BCUT2D eigenvalue weighted by atomic mass is 32.2. The molecule has 1 saturated heterocycles. The molecule has 0 amide bonds. The van der Waals surface area contributed by atoms with Crippen molar-refractivity contribution in [1.82, 2.24) is 9.03 Å². The Morgan fingerprint density at radius 2 is 1.76 bits per heavy atom. The van der Waals surface area contributed by atoms with Gasteiger partial charge in [-0.05, 0) is 30.5 Å². The van der Waals surface area contributed by atoms with E-state index in [0.29, 0.717) is 37.8 Å². The highest BCUT2D eigenvalue weighted by Crippen LogP contribution is 2.30. The van der Waals surface area contributed by atoms with Gasteiger partial charge in [0, 0.05) is 19.6 Å². The van der Waals surface area contributed by atoms with Gasteiger partial charge in [0.15, 0.2) is 11.5 Å². The average molecular weight is 312 g/mol. The Balaban J connectivity index is 1.64. The van der Waals surface area contributed by atoms with Gasteiger partial charge in [0.25, 0.3) is 10.2 Å². The summed E-state index contributed by atoms with van der Waals surface area (Å²) in [5.74, 6) is 1.39. The first-order valence-electron chi connectivity index (χ1n) is 7.28. The standard InChI is InChI=1S/C14H20N2O4S/c17-21(18,16-6-2-1-3-7-16)15-11-12-4-5-13-14(10-12)20-9-8-19-13/h4-5,10,15H,1-3,6-9,11H2. The van der Waals surface area contributed by atoms with Gasteiger partial charge in [-0.2, -0.15) is 17.4 Å². The third-order valence-corrected chi connectivity index (χ3v) is 5.27. The van der Waals surface area contributed by atoms with Crippen LogP contribution >= 0.6 is 0 Å². The molecule has 0 saturated carbocycles. The van der Waals surface area contributed by atoms with E-state index in [0.717, 1.165) is 24.8 Å². The number of ether oxygens (including phenoxy) is 2. The molecule has 21 heavy (non-hydrogen) atoms. The van der Waals surface area contributed by atoms with Crippen LogP contribution in [0.4, 0.5) is 0 Å². The zero-order valence-electron chi connectivity index (χ0n) is 11.9. The normalized spacial score (nSPS) is 19.4. The van der Waals surface area contributed by atoms with E-state index in [2.05, 4.69) is 4.72 Å². The van der Waals surface area contributed by atoms with Crippen LogP contribution in [0, 0.1) is 0 Å². The lowest BCUT2D eigenvalue weighted by atomic mass is 10.2. The molecule has 1 aromatic carbocycles. The van der Waals surface area contributed by atoms with Crippen LogP contribution in [-0.4, -0.2) is 39.0 Å². The quantitative estimate of drug-likeness (QED) is 0.909. The molecule has 0 radical (unpaired) electrons. The predicted octanol–water partition coefficient (Wildman–Crippen LogP) is 1.28. The third-order valence-electron chi connectivity index (χ3n) is 3.72. The van der Waals surface area contributed by atoms with Gasteiger partial charge < -0.3 is 9.47 Å². The number of fused-ring (bicyclic) bond motifs is 1. The van der Waals surface area contributed by atoms with Crippen LogP contribution < -0.4 is 14.2 Å². The summed E-state index contributed by atoms with van der Waals surface area (Å²) in [6, 6.07) is 5.50. The lowest BCUT2D eigenvalue weighted by Crippen LogP contribution is -2.43. The lowest BCUT2D eigenvalue weighted by Gasteiger charge is -2.26. The first-order chi connectivity index (χ1) is 10.1. The second-order valence-corrected chi connectivity index (χ2v) is 7.02. The monoisotopic (exact) mass is 312 g/mol. The molecule has 2 heterocycles. The van der Waals surface area contributed by atoms with Crippen molar-refractivity contribution >= 4 is 10.2 Å². The van der Waals surface area contributed by atoms with Crippen LogP contribution in [0.3, 0.4) is 0 Å². The van der Waals surface area contributed by atoms with E-state index in [4.69, 9.17) is 9.47 Å². The van der Waals surface area contributed by atoms with Crippen molar-refractivity contribution in [2.45, 2.75) is 25.8 Å². The fourth-order valence-corrected chi connectivity index (χ4v) is 3.84. The lowest BCUT2D eigenvalue weighted by molar-refractivity contribution is 0.171. The zero-order valence-corrected chi connectivity index (χ0v) is 12.7. The summed E-state index contributed by atoms with van der Waals surface area (Å²) in [5.41, 5.74) is 0.861. The minimum absolute atomic E-state index is 0.259. The van der Waals surface area contributed by atoms with E-state index < -0.39 is 10.2 Å². The van der Waals surface area contributed by atoms with Crippen molar-refractivity contribution in [2.24, 2.45) is 0 Å². The summed E-state index contributed by atoms with van der Waals surface area (Å²) in [4.78, 5) is 0. The summed E-state index contributed by atoms with van der Waals surface area (Å²) in [6.07, 6.45) is 2.98. The number of benzene rings is 1. The smallest absolute Gasteiger partial charge is 0.279 e. The summed E-state index contributed by atoms with van der Waals surface area (Å²) in [7, 11) is -3.39. The van der Waals surface area contributed by atoms with Crippen molar-refractivity contribution in [1.29, 1.82) is 0 Å². The molecule has 2 aliphatic rings. The minimum Gasteiger partial charge on any atom is -0.486 e. The summed E-state index contributed by atoms with van der Waals surface area (Å²) in [6.45, 7) is 2.55. The van der Waals surface area contributed by atoms with Gasteiger partial charge in [-0.3, -0.25) is 0 Å². The molecule has 1 N–H and O–H groups in total. The van der Waals surface area contributed by atoms with Crippen LogP contribution in [0.2, 0.25) is 0 Å². The SMILES string of the molecule is O=S(=O)(NCc1ccc2c(c1)OCCO2)N1CCCCC1.